The zero-order valence-electron chi connectivity index (χ0n) is 18.8. The third-order valence-electron chi connectivity index (χ3n) is 6.05. The van der Waals surface area contributed by atoms with Crippen LogP contribution in [0.1, 0.15) is 38.2 Å². The predicted molar refractivity (Wildman–Crippen MR) is 131 cm³/mol. The van der Waals surface area contributed by atoms with Gasteiger partial charge in [-0.2, -0.15) is 5.26 Å². The molecule has 0 saturated carbocycles. The Labute approximate surface area is 199 Å². The number of nitriles is 1. The van der Waals surface area contributed by atoms with Gasteiger partial charge in [0, 0.05) is 28.4 Å². The molecule has 2 N–H and O–H groups in total. The lowest BCUT2D eigenvalue weighted by Gasteiger charge is -2.43. The standard InChI is InChI=1S/C27H26ClN3O2/c1-4-13-33-20-11-5-17(6-12-20)24-21(16-29)26(30)31(19-9-7-18(28)8-10-19)22-14-27(2,3)15-23(32)25(22)24/h4-12,24H,1,13-15,30H2,2-3H3/t24-/m0/s1. The third kappa shape index (κ3) is 4.27. The first-order valence-electron chi connectivity index (χ1n) is 10.8. The molecule has 0 bridgehead atoms. The number of hydrogen-bond acceptors (Lipinski definition) is 5. The molecule has 2 aromatic carbocycles. The van der Waals surface area contributed by atoms with Gasteiger partial charge in [0.1, 0.15) is 18.2 Å². The fraction of sp³-hybridized carbons (Fsp3) is 0.259. The molecular formula is C27H26ClN3O2. The van der Waals surface area contributed by atoms with Gasteiger partial charge < -0.3 is 10.5 Å². The highest BCUT2D eigenvalue weighted by atomic mass is 35.5. The van der Waals surface area contributed by atoms with Gasteiger partial charge in [0.2, 0.25) is 0 Å². The summed E-state index contributed by atoms with van der Waals surface area (Å²) < 4.78 is 5.59. The van der Waals surface area contributed by atoms with Gasteiger partial charge in [0.25, 0.3) is 0 Å². The summed E-state index contributed by atoms with van der Waals surface area (Å²) in [5.74, 6) is 0.544. The van der Waals surface area contributed by atoms with Crippen LogP contribution in [0.2, 0.25) is 5.02 Å². The van der Waals surface area contributed by atoms with Crippen LogP contribution in [-0.2, 0) is 4.79 Å². The number of nitrogens with two attached hydrogens (primary N) is 1. The number of carbonyl (C=O) groups is 1. The molecule has 0 fully saturated rings. The second kappa shape index (κ2) is 8.80. The van der Waals surface area contributed by atoms with E-state index in [2.05, 4.69) is 26.5 Å². The zero-order valence-corrected chi connectivity index (χ0v) is 19.5. The molecule has 4 rings (SSSR count). The molecular weight excluding hydrogens is 434 g/mol. The van der Waals surface area contributed by atoms with Crippen molar-refractivity contribution in [1.29, 1.82) is 5.26 Å². The minimum Gasteiger partial charge on any atom is -0.490 e. The van der Waals surface area contributed by atoms with Crippen molar-refractivity contribution in [3.05, 3.63) is 94.4 Å². The van der Waals surface area contributed by atoms with Crippen molar-refractivity contribution in [3.63, 3.8) is 0 Å². The van der Waals surface area contributed by atoms with Crippen molar-refractivity contribution in [2.75, 3.05) is 11.5 Å². The third-order valence-corrected chi connectivity index (χ3v) is 6.30. The van der Waals surface area contributed by atoms with E-state index in [0.717, 1.165) is 16.9 Å². The van der Waals surface area contributed by atoms with Crippen molar-refractivity contribution < 1.29 is 9.53 Å². The van der Waals surface area contributed by atoms with Gasteiger partial charge in [-0.3, -0.25) is 9.69 Å². The van der Waals surface area contributed by atoms with Gasteiger partial charge >= 0.3 is 0 Å². The van der Waals surface area contributed by atoms with Crippen LogP contribution >= 0.6 is 11.6 Å². The van der Waals surface area contributed by atoms with Crippen LogP contribution in [0.25, 0.3) is 0 Å². The molecule has 5 nitrogen and oxygen atoms in total. The molecule has 2 aliphatic rings. The Kier molecular flexibility index (Phi) is 6.05. The first-order valence-corrected chi connectivity index (χ1v) is 11.2. The van der Waals surface area contributed by atoms with Crippen LogP contribution in [0.5, 0.6) is 5.75 Å². The van der Waals surface area contributed by atoms with E-state index in [1.54, 1.807) is 18.2 Å². The molecule has 33 heavy (non-hydrogen) atoms. The fourth-order valence-corrected chi connectivity index (χ4v) is 4.76. The van der Waals surface area contributed by atoms with Gasteiger partial charge in [-0.05, 0) is 53.8 Å². The number of benzene rings is 2. The molecule has 0 aromatic heterocycles. The molecule has 6 heteroatoms. The van der Waals surface area contributed by atoms with Crippen molar-refractivity contribution in [3.8, 4) is 11.8 Å². The second-order valence-electron chi connectivity index (χ2n) is 9.13. The highest BCUT2D eigenvalue weighted by Crippen LogP contribution is 2.50. The van der Waals surface area contributed by atoms with E-state index in [-0.39, 0.29) is 11.2 Å². The predicted octanol–water partition coefficient (Wildman–Crippen LogP) is 5.85. The summed E-state index contributed by atoms with van der Waals surface area (Å²) in [6.45, 7) is 8.22. The number of allylic oxidation sites excluding steroid dienone is 3. The summed E-state index contributed by atoms with van der Waals surface area (Å²) in [6.07, 6.45) is 2.75. The van der Waals surface area contributed by atoms with Gasteiger partial charge in [0.05, 0.1) is 17.6 Å². The first-order chi connectivity index (χ1) is 15.8. The highest BCUT2D eigenvalue weighted by Gasteiger charge is 2.44. The average molecular weight is 460 g/mol. The Morgan fingerprint density at radius 3 is 2.48 bits per heavy atom. The molecule has 1 aliphatic carbocycles. The topological polar surface area (TPSA) is 79.3 Å². The molecule has 168 valence electrons. The van der Waals surface area contributed by atoms with Gasteiger partial charge in [0.15, 0.2) is 5.78 Å². The van der Waals surface area contributed by atoms with E-state index in [1.807, 2.05) is 41.3 Å². The minimum atomic E-state index is -0.523. The summed E-state index contributed by atoms with van der Waals surface area (Å²) in [4.78, 5) is 15.4. The number of halogens is 1. The lowest BCUT2D eigenvalue weighted by Crippen LogP contribution is -2.42. The number of carbonyl (C=O) groups excluding carboxylic acids is 1. The van der Waals surface area contributed by atoms with Gasteiger partial charge in [-0.15, -0.1) is 0 Å². The first kappa shape index (κ1) is 22.7. The van der Waals surface area contributed by atoms with Crippen LogP contribution in [0.3, 0.4) is 0 Å². The van der Waals surface area contributed by atoms with E-state index >= 15 is 0 Å². The van der Waals surface area contributed by atoms with Crippen LogP contribution in [0.15, 0.2) is 83.9 Å². The molecule has 0 amide bonds. The van der Waals surface area contributed by atoms with Crippen LogP contribution in [0, 0.1) is 16.7 Å². The van der Waals surface area contributed by atoms with Crippen LogP contribution < -0.4 is 15.4 Å². The number of Topliss-reactive ketones (excluding diaryl/α,β-unsaturated/α-hetero) is 1. The molecule has 0 radical (unpaired) electrons. The summed E-state index contributed by atoms with van der Waals surface area (Å²) in [5.41, 5.74) is 9.85. The van der Waals surface area contributed by atoms with Crippen LogP contribution in [0.4, 0.5) is 5.69 Å². The SMILES string of the molecule is C=CCOc1ccc([C@H]2C(C#N)=C(N)N(c3ccc(Cl)cc3)C3=C2C(=O)CC(C)(C)C3)cc1. The number of rotatable bonds is 5. The zero-order chi connectivity index (χ0) is 23.8. The van der Waals surface area contributed by atoms with Gasteiger partial charge in [-0.25, -0.2) is 0 Å². The molecule has 2 aromatic rings. The Balaban J connectivity index is 1.89. The Morgan fingerprint density at radius 2 is 1.88 bits per heavy atom. The number of anilines is 1. The summed E-state index contributed by atoms with van der Waals surface area (Å²) in [7, 11) is 0. The molecule has 1 heterocycles. The Morgan fingerprint density at radius 1 is 1.21 bits per heavy atom. The summed E-state index contributed by atoms with van der Waals surface area (Å²) >= 11 is 6.10. The van der Waals surface area contributed by atoms with Crippen molar-refractivity contribution >= 4 is 23.1 Å². The smallest absolute Gasteiger partial charge is 0.162 e. The maximum Gasteiger partial charge on any atom is 0.162 e. The lowest BCUT2D eigenvalue weighted by molar-refractivity contribution is -0.118. The van der Waals surface area contributed by atoms with E-state index in [4.69, 9.17) is 22.1 Å². The van der Waals surface area contributed by atoms with Crippen molar-refractivity contribution in [1.82, 2.24) is 0 Å². The maximum absolute atomic E-state index is 13.5. The number of ketones is 1. The molecule has 0 unspecified atom stereocenters. The number of hydrogen-bond donors (Lipinski definition) is 1. The normalized spacial score (nSPS) is 19.8. The molecule has 1 atom stereocenters. The van der Waals surface area contributed by atoms with Gasteiger partial charge in [-0.1, -0.05) is 50.2 Å². The number of nitrogens with zero attached hydrogens (tertiary/aromatic N) is 2. The maximum atomic E-state index is 13.5. The van der Waals surface area contributed by atoms with Crippen molar-refractivity contribution in [2.45, 2.75) is 32.6 Å². The van der Waals surface area contributed by atoms with E-state index < -0.39 is 5.92 Å². The lowest BCUT2D eigenvalue weighted by atomic mass is 9.68. The Bertz CT molecular complexity index is 1200. The minimum absolute atomic E-state index is 0.0393. The quantitative estimate of drug-likeness (QED) is 0.567. The largest absolute Gasteiger partial charge is 0.490 e. The summed E-state index contributed by atoms with van der Waals surface area (Å²) in [5, 5.41) is 10.7. The highest BCUT2D eigenvalue weighted by molar-refractivity contribution is 6.30. The molecule has 0 spiro atoms. The monoisotopic (exact) mass is 459 g/mol. The second-order valence-corrected chi connectivity index (χ2v) is 9.56. The summed E-state index contributed by atoms with van der Waals surface area (Å²) in [6, 6.07) is 17.0. The van der Waals surface area contributed by atoms with E-state index in [0.29, 0.717) is 47.2 Å². The van der Waals surface area contributed by atoms with E-state index in [1.165, 1.54) is 0 Å². The molecule has 0 saturated heterocycles. The van der Waals surface area contributed by atoms with Crippen LogP contribution in [-0.4, -0.2) is 12.4 Å². The number of ether oxygens (including phenoxy) is 1. The fourth-order valence-electron chi connectivity index (χ4n) is 4.64. The van der Waals surface area contributed by atoms with Crippen molar-refractivity contribution in [2.24, 2.45) is 11.1 Å². The Hall–Kier alpha value is -3.49. The average Bonchev–Trinajstić information content (AvgIpc) is 2.77. The van der Waals surface area contributed by atoms with E-state index in [9.17, 15) is 10.1 Å². The molecule has 1 aliphatic heterocycles.